The van der Waals surface area contributed by atoms with Gasteiger partial charge in [-0.15, -0.1) is 6.42 Å². The Morgan fingerprint density at radius 2 is 0.901 bits per heavy atom. The van der Waals surface area contributed by atoms with Crippen molar-refractivity contribution in [2.24, 2.45) is 0 Å². The highest BCUT2D eigenvalue weighted by Crippen LogP contribution is 2.31. The number of fused-ring (bicyclic) bond motifs is 1. The van der Waals surface area contributed by atoms with Gasteiger partial charge in [-0.3, -0.25) is 0 Å². The highest BCUT2D eigenvalue weighted by molar-refractivity contribution is 14.1. The van der Waals surface area contributed by atoms with E-state index in [0.717, 1.165) is 74.6 Å². The average Bonchev–Trinajstić information content (AvgIpc) is 1.78. The third-order valence-electron chi connectivity index (χ3n) is 16.9. The van der Waals surface area contributed by atoms with Gasteiger partial charge in [-0.25, -0.2) is 33.6 Å². The van der Waals surface area contributed by atoms with E-state index in [4.69, 9.17) is 39.3 Å². The van der Waals surface area contributed by atoms with Gasteiger partial charge >= 0.3 is 41.8 Å². The maximum absolute atomic E-state index is 12.6. The molecule has 8 aromatic rings. The summed E-state index contributed by atoms with van der Waals surface area (Å²) in [6, 6.07) is 30.9. The second kappa shape index (κ2) is 42.5. The molecule has 28 heteroatoms. The van der Waals surface area contributed by atoms with Crippen LogP contribution in [-0.2, 0) is 28.4 Å². The summed E-state index contributed by atoms with van der Waals surface area (Å²) in [7, 11) is 0. The van der Waals surface area contributed by atoms with Crippen molar-refractivity contribution in [3.05, 3.63) is 181 Å². The van der Waals surface area contributed by atoms with E-state index in [1.54, 1.807) is 69.5 Å². The molecule has 4 aliphatic heterocycles. The van der Waals surface area contributed by atoms with Crippen LogP contribution in [0.5, 0.6) is 0 Å². The maximum atomic E-state index is 12.6. The van der Waals surface area contributed by atoms with Gasteiger partial charge in [0.1, 0.15) is 22.6 Å². The molecule has 4 fully saturated rings. The third-order valence-corrected chi connectivity index (χ3v) is 20.5. The number of ether oxygens (including phenoxy) is 6. The molecule has 0 bridgehead atoms. The number of nitrogens with one attached hydrogen (secondary N) is 1. The van der Waals surface area contributed by atoms with Gasteiger partial charge in [0, 0.05) is 174 Å². The quantitative estimate of drug-likeness (QED) is 0.0546. The monoisotopic (exact) mass is 1750 g/mol. The van der Waals surface area contributed by atoms with Crippen molar-refractivity contribution in [3.63, 3.8) is 0 Å². The summed E-state index contributed by atoms with van der Waals surface area (Å²) in [4.78, 5) is 99.5. The Hall–Kier alpha value is -9.14. The first-order valence-electron chi connectivity index (χ1n) is 36.5. The van der Waals surface area contributed by atoms with Crippen LogP contribution in [0.15, 0.2) is 143 Å². The van der Waals surface area contributed by atoms with E-state index in [1.807, 2.05) is 186 Å². The number of hydrogen-bond donors (Lipinski definition) is 1. The number of thiophene rings is 3. The number of esters is 3. The number of nitrogens with zero attached hydrogens (tertiary/aromatic N) is 7. The van der Waals surface area contributed by atoms with Crippen molar-refractivity contribution in [3.8, 4) is 35.5 Å². The summed E-state index contributed by atoms with van der Waals surface area (Å²) in [5.74, 6) is 8.31. The zero-order valence-electron chi connectivity index (χ0n) is 65.0. The summed E-state index contributed by atoms with van der Waals surface area (Å²) in [5, 5.41) is 16.7. The van der Waals surface area contributed by atoms with Crippen molar-refractivity contribution in [2.75, 3.05) is 144 Å². The summed E-state index contributed by atoms with van der Waals surface area (Å²) in [6.07, 6.45) is 4.20. The highest BCUT2D eigenvalue weighted by Gasteiger charge is 2.31. The molecule has 23 nitrogen and oxygen atoms in total. The Kier molecular flexibility index (Phi) is 34.1. The molecule has 0 spiro atoms. The summed E-state index contributed by atoms with van der Waals surface area (Å²) < 4.78 is 38.8. The topological polar surface area (TPSA) is 253 Å². The van der Waals surface area contributed by atoms with Crippen LogP contribution in [0.4, 0.5) is 37.1 Å². The van der Waals surface area contributed by atoms with Gasteiger partial charge in [0.05, 0.1) is 41.9 Å². The predicted octanol–water partition coefficient (Wildman–Crippen LogP) is 16.1. The van der Waals surface area contributed by atoms with E-state index in [9.17, 15) is 33.6 Å². The van der Waals surface area contributed by atoms with Crippen LogP contribution in [0.1, 0.15) is 131 Å². The number of halogens is 2. The summed E-state index contributed by atoms with van der Waals surface area (Å²) in [5.41, 5.74) is 7.18. The molecule has 0 atom stereocenters. The number of carbonyl (C=O) groups excluding carboxylic acids is 6. The number of terminal acetylenes is 1. The number of amides is 3. The number of rotatable bonds is 11. The largest absolute Gasteiger partial charge is 0.870 e. The molecule has 594 valence electrons. The number of piperazine rings is 4. The molecule has 4 saturated heterocycles. The van der Waals surface area contributed by atoms with E-state index in [1.165, 1.54) is 0 Å². The van der Waals surface area contributed by atoms with E-state index < -0.39 is 16.8 Å². The number of carbonyl (C=O) groups is 6. The lowest BCUT2D eigenvalue weighted by Gasteiger charge is -2.36. The van der Waals surface area contributed by atoms with Crippen molar-refractivity contribution in [1.82, 2.24) is 20.0 Å². The molecule has 4 aromatic heterocycles. The molecule has 0 saturated carbocycles. The van der Waals surface area contributed by atoms with Crippen LogP contribution < -0.4 is 30.5 Å². The lowest BCUT2D eigenvalue weighted by atomic mass is 10.1. The SMILES string of the molecule is C#Cc1ccsc1.CCOC(=O)c1cc(N2CCN(C(=O)OC(C)(C)C)CC2)ccc1Br.CCOC(=O)c1cc(N2CCN(C(=O)OC(C)(C)C)CC2)ccc1C#Cc1ccsc1.CCOC(=O)c1cc(N2CCN(C(=O)OC(C)(C)C)CC2)ccc1I.O=c1oc(-c2ccsc2)cc2ccc(N3CCNCC3)cc12.[OH-]. The number of anilines is 4. The second-order valence-corrected chi connectivity index (χ2v) is 32.8. The first-order chi connectivity index (χ1) is 52.4. The van der Waals surface area contributed by atoms with Crippen LogP contribution in [0.2, 0.25) is 0 Å². The smallest absolute Gasteiger partial charge is 0.410 e. The molecule has 111 heavy (non-hydrogen) atoms. The minimum atomic E-state index is -0.511. The molecular weight excluding hydrogens is 1650 g/mol. The number of benzene rings is 4. The molecule has 4 aliphatic rings. The summed E-state index contributed by atoms with van der Waals surface area (Å²) >= 11 is 10.3. The zero-order valence-corrected chi connectivity index (χ0v) is 71.2. The van der Waals surface area contributed by atoms with E-state index in [2.05, 4.69) is 87.3 Å². The Bertz CT molecular complexity index is 4440. The molecule has 8 heterocycles. The molecule has 0 unspecified atom stereocenters. The molecule has 0 radical (unpaired) electrons. The normalized spacial score (nSPS) is 14.2. The lowest BCUT2D eigenvalue weighted by molar-refractivity contribution is 0.0230. The van der Waals surface area contributed by atoms with Gasteiger partial charge in [-0.05, 0) is 234 Å². The van der Waals surface area contributed by atoms with Gasteiger partial charge in [0.15, 0.2) is 0 Å². The van der Waals surface area contributed by atoms with Crippen molar-refractivity contribution < 1.29 is 67.1 Å². The van der Waals surface area contributed by atoms with E-state index >= 15 is 0 Å². The second-order valence-electron chi connectivity index (χ2n) is 28.4. The summed E-state index contributed by atoms with van der Waals surface area (Å²) in [6.45, 7) is 34.5. The van der Waals surface area contributed by atoms with Crippen LogP contribution in [0.25, 0.3) is 22.1 Å². The Morgan fingerprint density at radius 1 is 0.495 bits per heavy atom. The standard InChI is InChI=1S/C24H28N2O4S.C18H25BrN2O4.C18H25IN2O4.C17H16N2O2S.C6H4S.H2O/c1-5-29-22(27)21-16-20(9-8-19(21)7-6-18-10-15-31-17-18)25-11-13-26(14-12-25)23(28)30-24(2,3)4;2*1-5-24-16(22)14-12-13(6-7-15(14)19)20-8-10-21(11-9-20)17(23)25-18(2,3)4;20-17-15-10-14(19-6-4-18-5-7-19)2-1-12(15)9-16(21-17)13-3-8-22-11-13;1-2-6-3-4-7-5-6;/h8-10,15-17H,5,11-14H2,1-4H3;2*6-7,12H,5,8-11H2,1-4H3;1-3,8-11,18H,4-7H2;1,3-5H;1H2/p-1. The fourth-order valence-corrected chi connectivity index (χ4v) is 14.2. The minimum absolute atomic E-state index is 0. The molecular formula is C83H99BrIN8O15S3-. The lowest BCUT2D eigenvalue weighted by Crippen LogP contribution is -2.50. The van der Waals surface area contributed by atoms with Gasteiger partial charge in [-0.2, -0.15) is 34.0 Å². The van der Waals surface area contributed by atoms with Crippen LogP contribution in [-0.4, -0.2) is 198 Å². The molecule has 4 aromatic carbocycles. The minimum Gasteiger partial charge on any atom is -0.870 e. The van der Waals surface area contributed by atoms with Gasteiger partial charge in [0.2, 0.25) is 0 Å². The fraction of sp³-hybridized carbons (Fsp3) is 0.410. The van der Waals surface area contributed by atoms with Gasteiger partial charge in [-0.1, -0.05) is 23.8 Å². The van der Waals surface area contributed by atoms with Gasteiger partial charge in [0.25, 0.3) is 0 Å². The average molecular weight is 1750 g/mol. The molecule has 0 aliphatic carbocycles. The first-order valence-corrected chi connectivity index (χ1v) is 41.2. The highest BCUT2D eigenvalue weighted by atomic mass is 127. The van der Waals surface area contributed by atoms with Crippen LogP contribution in [0.3, 0.4) is 0 Å². The molecule has 2 N–H and O–H groups in total. The zero-order chi connectivity index (χ0) is 79.7. The predicted molar refractivity (Wildman–Crippen MR) is 453 cm³/mol. The van der Waals surface area contributed by atoms with Crippen molar-refractivity contribution in [1.29, 1.82) is 0 Å². The third kappa shape index (κ3) is 27.6. The Morgan fingerprint density at radius 3 is 1.34 bits per heavy atom. The Balaban J connectivity index is 0.000000200. The number of hydrogen-bond acceptors (Lipinski definition) is 23. The first kappa shape index (κ1) is 89.1. The van der Waals surface area contributed by atoms with E-state index in [-0.39, 0.29) is 47.3 Å². The van der Waals surface area contributed by atoms with Gasteiger partial charge < -0.3 is 77.9 Å². The van der Waals surface area contributed by atoms with Crippen molar-refractivity contribution in [2.45, 2.75) is 99.9 Å². The molecule has 12 rings (SSSR count). The van der Waals surface area contributed by atoms with Crippen LogP contribution in [0, 0.1) is 27.8 Å². The molecule has 3 amide bonds. The van der Waals surface area contributed by atoms with Crippen molar-refractivity contribution >= 4 is 142 Å². The fourth-order valence-electron chi connectivity index (χ4n) is 11.4. The Labute approximate surface area is 685 Å². The maximum Gasteiger partial charge on any atom is 0.410 e. The van der Waals surface area contributed by atoms with Crippen LogP contribution >= 0.6 is 72.5 Å². The van der Waals surface area contributed by atoms with E-state index in [0.29, 0.717) is 136 Å².